The van der Waals surface area contributed by atoms with Crippen LogP contribution in [0.15, 0.2) is 46.9 Å². The van der Waals surface area contributed by atoms with Crippen LogP contribution < -0.4 is 10.1 Å². The van der Waals surface area contributed by atoms with Gasteiger partial charge in [-0.1, -0.05) is 47.5 Å². The molecule has 0 radical (unpaired) electrons. The van der Waals surface area contributed by atoms with Crippen molar-refractivity contribution in [2.45, 2.75) is 26.7 Å². The van der Waals surface area contributed by atoms with Crippen LogP contribution in [-0.4, -0.2) is 13.2 Å². The lowest BCUT2D eigenvalue weighted by Crippen LogP contribution is -2.12. The highest BCUT2D eigenvalue weighted by molar-refractivity contribution is 9.10. The van der Waals surface area contributed by atoms with Crippen LogP contribution in [0.1, 0.15) is 30.9 Å². The van der Waals surface area contributed by atoms with Crippen molar-refractivity contribution in [1.82, 2.24) is 0 Å². The van der Waals surface area contributed by atoms with Crippen LogP contribution in [0.5, 0.6) is 5.75 Å². The minimum absolute atomic E-state index is 0.447. The summed E-state index contributed by atoms with van der Waals surface area (Å²) in [7, 11) is 0. The lowest BCUT2D eigenvalue weighted by Gasteiger charge is -2.15. The molecule has 1 N–H and O–H groups in total. The third kappa shape index (κ3) is 4.78. The topological polar surface area (TPSA) is 21.3 Å². The van der Waals surface area contributed by atoms with Crippen molar-refractivity contribution < 1.29 is 4.74 Å². The van der Waals surface area contributed by atoms with Crippen molar-refractivity contribution in [3.05, 3.63) is 58.1 Å². The first-order chi connectivity index (χ1) is 10.1. The lowest BCUT2D eigenvalue weighted by atomic mass is 10.0. The maximum absolute atomic E-state index is 5.92. The van der Waals surface area contributed by atoms with Gasteiger partial charge in [0, 0.05) is 16.7 Å². The summed E-state index contributed by atoms with van der Waals surface area (Å²) in [5, 5.41) is 3.37. The van der Waals surface area contributed by atoms with E-state index in [-0.39, 0.29) is 0 Å². The highest BCUT2D eigenvalue weighted by Crippen LogP contribution is 2.29. The first kappa shape index (κ1) is 15.9. The van der Waals surface area contributed by atoms with Crippen molar-refractivity contribution in [3.8, 4) is 5.75 Å². The number of halogens is 1. The quantitative estimate of drug-likeness (QED) is 0.709. The second-order valence-electron chi connectivity index (χ2n) is 5.48. The zero-order valence-electron chi connectivity index (χ0n) is 12.8. The third-order valence-electron chi connectivity index (χ3n) is 3.33. The van der Waals surface area contributed by atoms with Crippen LogP contribution in [0, 0.1) is 6.92 Å². The largest absolute Gasteiger partial charge is 0.491 e. The molecule has 2 rings (SSSR count). The summed E-state index contributed by atoms with van der Waals surface area (Å²) in [6.07, 6.45) is 0. The van der Waals surface area contributed by atoms with E-state index < -0.39 is 0 Å². The fourth-order valence-electron chi connectivity index (χ4n) is 2.13. The van der Waals surface area contributed by atoms with Gasteiger partial charge in [0.25, 0.3) is 0 Å². The Morgan fingerprint density at radius 1 is 1.10 bits per heavy atom. The third-order valence-corrected chi connectivity index (χ3v) is 3.83. The standard InChI is InChI=1S/C18H22BrNO/c1-13(2)17-12-15(19)6-9-18(17)21-11-10-20-16-7-4-14(3)5-8-16/h4-9,12-13,20H,10-11H2,1-3H3. The smallest absolute Gasteiger partial charge is 0.122 e. The molecule has 112 valence electrons. The number of anilines is 1. The zero-order valence-corrected chi connectivity index (χ0v) is 14.4. The Bertz CT molecular complexity index is 578. The van der Waals surface area contributed by atoms with Crippen LogP contribution >= 0.6 is 15.9 Å². The fourth-order valence-corrected chi connectivity index (χ4v) is 2.51. The maximum Gasteiger partial charge on any atom is 0.122 e. The molecule has 0 aliphatic heterocycles. The van der Waals surface area contributed by atoms with Gasteiger partial charge in [-0.05, 0) is 48.7 Å². The molecule has 0 saturated carbocycles. The molecule has 2 aromatic carbocycles. The Morgan fingerprint density at radius 2 is 1.81 bits per heavy atom. The number of hydrogen-bond donors (Lipinski definition) is 1. The number of ether oxygens (including phenoxy) is 1. The van der Waals surface area contributed by atoms with Gasteiger partial charge in [-0.15, -0.1) is 0 Å². The van der Waals surface area contributed by atoms with Gasteiger partial charge < -0.3 is 10.1 Å². The first-order valence-electron chi connectivity index (χ1n) is 7.29. The van der Waals surface area contributed by atoms with Gasteiger partial charge in [-0.3, -0.25) is 0 Å². The van der Waals surface area contributed by atoms with E-state index in [0.29, 0.717) is 12.5 Å². The van der Waals surface area contributed by atoms with Gasteiger partial charge in [0.05, 0.1) is 0 Å². The molecule has 21 heavy (non-hydrogen) atoms. The molecule has 2 aromatic rings. The van der Waals surface area contributed by atoms with Crippen LogP contribution in [-0.2, 0) is 0 Å². The van der Waals surface area contributed by atoms with Crippen LogP contribution in [0.25, 0.3) is 0 Å². The molecule has 0 aromatic heterocycles. The highest BCUT2D eigenvalue weighted by Gasteiger charge is 2.08. The summed E-state index contributed by atoms with van der Waals surface area (Å²) in [6, 6.07) is 14.6. The zero-order chi connectivity index (χ0) is 15.2. The van der Waals surface area contributed by atoms with E-state index in [1.807, 2.05) is 12.1 Å². The van der Waals surface area contributed by atoms with Crippen molar-refractivity contribution in [2.75, 3.05) is 18.5 Å². The van der Waals surface area contributed by atoms with Crippen molar-refractivity contribution in [1.29, 1.82) is 0 Å². The van der Waals surface area contributed by atoms with Crippen LogP contribution in [0.3, 0.4) is 0 Å². The monoisotopic (exact) mass is 347 g/mol. The Labute approximate surface area is 135 Å². The summed E-state index contributed by atoms with van der Waals surface area (Å²) in [6.45, 7) is 7.89. The van der Waals surface area contributed by atoms with Gasteiger partial charge >= 0.3 is 0 Å². The molecule has 0 bridgehead atoms. The van der Waals surface area contributed by atoms with Crippen molar-refractivity contribution in [2.24, 2.45) is 0 Å². The van der Waals surface area contributed by atoms with E-state index in [1.54, 1.807) is 0 Å². The molecule has 0 saturated heterocycles. The minimum Gasteiger partial charge on any atom is -0.491 e. The number of nitrogens with one attached hydrogen (secondary N) is 1. The predicted molar refractivity (Wildman–Crippen MR) is 93.4 cm³/mol. The Morgan fingerprint density at radius 3 is 2.48 bits per heavy atom. The molecule has 0 aliphatic rings. The van der Waals surface area contributed by atoms with Crippen molar-refractivity contribution in [3.63, 3.8) is 0 Å². The van der Waals surface area contributed by atoms with Crippen molar-refractivity contribution >= 4 is 21.6 Å². The lowest BCUT2D eigenvalue weighted by molar-refractivity contribution is 0.328. The van der Waals surface area contributed by atoms with Crippen LogP contribution in [0.2, 0.25) is 0 Å². The van der Waals surface area contributed by atoms with Crippen LogP contribution in [0.4, 0.5) is 5.69 Å². The molecule has 0 fully saturated rings. The minimum atomic E-state index is 0.447. The molecule has 0 heterocycles. The molecule has 0 amide bonds. The Kier molecular flexibility index (Phi) is 5.68. The number of benzene rings is 2. The number of hydrogen-bond acceptors (Lipinski definition) is 2. The first-order valence-corrected chi connectivity index (χ1v) is 8.08. The summed E-state index contributed by atoms with van der Waals surface area (Å²) in [4.78, 5) is 0. The van der Waals surface area contributed by atoms with E-state index >= 15 is 0 Å². The van der Waals surface area contributed by atoms with E-state index in [1.165, 1.54) is 11.1 Å². The second kappa shape index (κ2) is 7.51. The molecule has 3 heteroatoms. The molecule has 0 unspecified atom stereocenters. The van der Waals surface area contributed by atoms with E-state index in [4.69, 9.17) is 4.74 Å². The number of aryl methyl sites for hydroxylation is 1. The number of rotatable bonds is 6. The summed E-state index contributed by atoms with van der Waals surface area (Å²) in [5.41, 5.74) is 3.64. The van der Waals surface area contributed by atoms with E-state index in [0.717, 1.165) is 22.5 Å². The summed E-state index contributed by atoms with van der Waals surface area (Å²) in [5.74, 6) is 1.42. The molecular formula is C18H22BrNO. The Balaban J connectivity index is 1.87. The normalized spacial score (nSPS) is 10.7. The van der Waals surface area contributed by atoms with E-state index in [2.05, 4.69) is 72.3 Å². The molecule has 0 spiro atoms. The maximum atomic E-state index is 5.92. The summed E-state index contributed by atoms with van der Waals surface area (Å²) >= 11 is 3.51. The Hall–Kier alpha value is -1.48. The predicted octanol–water partition coefficient (Wildman–Crippen LogP) is 5.37. The molecule has 0 atom stereocenters. The SMILES string of the molecule is Cc1ccc(NCCOc2ccc(Br)cc2C(C)C)cc1. The fraction of sp³-hybridized carbons (Fsp3) is 0.333. The van der Waals surface area contributed by atoms with E-state index in [9.17, 15) is 0 Å². The van der Waals surface area contributed by atoms with Gasteiger partial charge in [0.15, 0.2) is 0 Å². The average Bonchev–Trinajstić information content (AvgIpc) is 2.46. The van der Waals surface area contributed by atoms with Gasteiger partial charge in [-0.2, -0.15) is 0 Å². The highest BCUT2D eigenvalue weighted by atomic mass is 79.9. The molecule has 0 aliphatic carbocycles. The molecule has 2 nitrogen and oxygen atoms in total. The second-order valence-corrected chi connectivity index (χ2v) is 6.39. The summed E-state index contributed by atoms with van der Waals surface area (Å²) < 4.78 is 7.01. The van der Waals surface area contributed by atoms with Gasteiger partial charge in [0.1, 0.15) is 12.4 Å². The van der Waals surface area contributed by atoms with Gasteiger partial charge in [0.2, 0.25) is 0 Å². The molecular weight excluding hydrogens is 326 g/mol. The van der Waals surface area contributed by atoms with Gasteiger partial charge in [-0.25, -0.2) is 0 Å². The average molecular weight is 348 g/mol.